The Morgan fingerprint density at radius 2 is 2.22 bits per heavy atom. The van der Waals surface area contributed by atoms with Crippen LogP contribution in [0.25, 0.3) is 0 Å². The first kappa shape index (κ1) is 7.88. The Bertz CT molecular complexity index is 158. The minimum Gasteiger partial charge on any atom is -0.478 e. The number of aliphatic carboxylic acids is 1. The molecule has 0 unspecified atom stereocenters. The van der Waals surface area contributed by atoms with Crippen LogP contribution >= 0.6 is 0 Å². The van der Waals surface area contributed by atoms with Crippen molar-refractivity contribution < 1.29 is 14.3 Å². The summed E-state index contributed by atoms with van der Waals surface area (Å²) in [6, 6.07) is 0. The molecule has 0 atom stereocenters. The molecule has 1 N–H and O–H groups in total. The van der Waals surface area contributed by atoms with Crippen molar-refractivity contribution in [1.82, 2.24) is 0 Å². The summed E-state index contributed by atoms with van der Waals surface area (Å²) in [6.07, 6.45) is 2.41. The number of halogens is 1. The van der Waals surface area contributed by atoms with Crippen molar-refractivity contribution in [2.75, 3.05) is 0 Å². The predicted octanol–water partition coefficient (Wildman–Crippen LogP) is 1.50. The number of rotatable bonds is 2. The Morgan fingerprint density at radius 3 is 2.33 bits per heavy atom. The van der Waals surface area contributed by atoms with Gasteiger partial charge in [0.05, 0.1) is 11.9 Å². The van der Waals surface area contributed by atoms with Crippen LogP contribution in [-0.4, -0.2) is 11.1 Å². The van der Waals surface area contributed by atoms with E-state index in [0.29, 0.717) is 0 Å². The van der Waals surface area contributed by atoms with E-state index in [1.165, 1.54) is 13.0 Å². The summed E-state index contributed by atoms with van der Waals surface area (Å²) >= 11 is 0. The van der Waals surface area contributed by atoms with E-state index in [9.17, 15) is 9.18 Å². The van der Waals surface area contributed by atoms with E-state index >= 15 is 0 Å². The van der Waals surface area contributed by atoms with Gasteiger partial charge in [0.15, 0.2) is 0 Å². The van der Waals surface area contributed by atoms with Gasteiger partial charge >= 0.3 is 5.97 Å². The monoisotopic (exact) mass is 130 g/mol. The van der Waals surface area contributed by atoms with Gasteiger partial charge in [-0.2, -0.15) is 0 Å². The molecule has 3 heteroatoms. The molecule has 0 saturated carbocycles. The molecule has 0 aromatic rings. The lowest BCUT2D eigenvalue weighted by molar-refractivity contribution is -0.132. The fourth-order valence-electron chi connectivity index (χ4n) is 0.359. The number of allylic oxidation sites excluding steroid dienone is 1. The summed E-state index contributed by atoms with van der Waals surface area (Å²) in [6.45, 7) is 1.53. The van der Waals surface area contributed by atoms with Gasteiger partial charge in [-0.3, -0.25) is 0 Å². The average Bonchev–Trinajstić information content (AvgIpc) is 1.82. The third-order valence-corrected chi connectivity index (χ3v) is 0.801. The third-order valence-electron chi connectivity index (χ3n) is 0.801. The molecule has 0 aromatic heterocycles. The van der Waals surface area contributed by atoms with Crippen molar-refractivity contribution in [2.24, 2.45) is 0 Å². The van der Waals surface area contributed by atoms with Gasteiger partial charge in [0, 0.05) is 0 Å². The van der Waals surface area contributed by atoms with Crippen LogP contribution in [0.15, 0.2) is 24.1 Å². The second kappa shape index (κ2) is 3.83. The number of hydrogen-bond acceptors (Lipinski definition) is 1. The first-order valence-corrected chi connectivity index (χ1v) is 2.38. The minimum atomic E-state index is -1.12. The summed E-state index contributed by atoms with van der Waals surface area (Å²) < 4.78 is 11.3. The summed E-state index contributed by atoms with van der Waals surface area (Å²) in [5.74, 6) is -1.12. The van der Waals surface area contributed by atoms with Gasteiger partial charge in [0.25, 0.3) is 0 Å². The smallest absolute Gasteiger partial charge is 0.335 e. The molecular weight excluding hydrogens is 123 g/mol. The Balaban J connectivity index is 4.19. The van der Waals surface area contributed by atoms with Crippen LogP contribution in [0.4, 0.5) is 4.39 Å². The molecule has 50 valence electrons. The van der Waals surface area contributed by atoms with Gasteiger partial charge in [0.1, 0.15) is 0 Å². The van der Waals surface area contributed by atoms with Gasteiger partial charge in [0.2, 0.25) is 0 Å². The molecular formula is C6H7FO2. The molecule has 9 heavy (non-hydrogen) atoms. The molecule has 0 rings (SSSR count). The quantitative estimate of drug-likeness (QED) is 0.454. The van der Waals surface area contributed by atoms with Crippen molar-refractivity contribution >= 4 is 5.97 Å². The molecule has 0 aromatic carbocycles. The van der Waals surface area contributed by atoms with Crippen molar-refractivity contribution in [1.29, 1.82) is 0 Å². The highest BCUT2D eigenvalue weighted by Gasteiger charge is 1.98. The highest BCUT2D eigenvalue weighted by atomic mass is 19.1. The zero-order chi connectivity index (χ0) is 7.28. The summed E-state index contributed by atoms with van der Waals surface area (Å²) in [7, 11) is 0. The standard InChI is InChI=1S/C6H7FO2/c1-2-5(3-4-7)6(8)9/h2-4H,1H3,(H,8,9)/b4-3+,5-2+. The van der Waals surface area contributed by atoms with Gasteiger partial charge < -0.3 is 5.11 Å². The fraction of sp³-hybridized carbons (Fsp3) is 0.167. The fourth-order valence-corrected chi connectivity index (χ4v) is 0.359. The third kappa shape index (κ3) is 2.64. The number of carbonyl (C=O) groups is 1. The SMILES string of the molecule is C/C=C(\C=C\F)C(=O)O. The molecule has 0 aliphatic rings. The largest absolute Gasteiger partial charge is 0.478 e. The molecule has 2 nitrogen and oxygen atoms in total. The predicted molar refractivity (Wildman–Crippen MR) is 31.6 cm³/mol. The Kier molecular flexibility index (Phi) is 3.35. The first-order valence-electron chi connectivity index (χ1n) is 2.38. The van der Waals surface area contributed by atoms with Gasteiger partial charge in [-0.1, -0.05) is 6.08 Å². The van der Waals surface area contributed by atoms with Crippen LogP contribution in [0, 0.1) is 0 Å². The summed E-state index contributed by atoms with van der Waals surface area (Å²) in [5.41, 5.74) is -0.0440. The number of carboxylic acid groups (broad SMARTS) is 1. The Morgan fingerprint density at radius 1 is 1.67 bits per heavy atom. The van der Waals surface area contributed by atoms with Crippen LogP contribution in [0.5, 0.6) is 0 Å². The Labute approximate surface area is 52.3 Å². The number of carboxylic acids is 1. The second-order valence-electron chi connectivity index (χ2n) is 1.34. The topological polar surface area (TPSA) is 37.3 Å². The molecule has 0 radical (unpaired) electrons. The lowest BCUT2D eigenvalue weighted by Gasteiger charge is -1.87. The maximum atomic E-state index is 11.3. The molecule has 0 spiro atoms. The van der Waals surface area contributed by atoms with Crippen molar-refractivity contribution in [3.05, 3.63) is 24.1 Å². The van der Waals surface area contributed by atoms with E-state index in [1.807, 2.05) is 0 Å². The van der Waals surface area contributed by atoms with E-state index in [0.717, 1.165) is 6.08 Å². The maximum Gasteiger partial charge on any atom is 0.335 e. The lowest BCUT2D eigenvalue weighted by Crippen LogP contribution is -1.95. The normalized spacial score (nSPS) is 12.4. The van der Waals surface area contributed by atoms with E-state index in [-0.39, 0.29) is 11.9 Å². The maximum absolute atomic E-state index is 11.3. The zero-order valence-electron chi connectivity index (χ0n) is 4.97. The molecule has 0 amide bonds. The van der Waals surface area contributed by atoms with E-state index < -0.39 is 5.97 Å². The minimum absolute atomic E-state index is 0.0440. The van der Waals surface area contributed by atoms with Crippen LogP contribution < -0.4 is 0 Å². The van der Waals surface area contributed by atoms with Gasteiger partial charge in [-0.15, -0.1) is 0 Å². The van der Waals surface area contributed by atoms with E-state index in [2.05, 4.69) is 0 Å². The van der Waals surface area contributed by atoms with Gasteiger partial charge in [-0.25, -0.2) is 9.18 Å². The van der Waals surface area contributed by atoms with Crippen LogP contribution in [0.1, 0.15) is 6.92 Å². The summed E-state index contributed by atoms with van der Waals surface area (Å²) in [5, 5.41) is 8.22. The molecule has 0 heterocycles. The van der Waals surface area contributed by atoms with Crippen LogP contribution in [-0.2, 0) is 4.79 Å². The highest BCUT2D eigenvalue weighted by Crippen LogP contribution is 1.95. The summed E-state index contributed by atoms with van der Waals surface area (Å²) in [4.78, 5) is 10.0. The zero-order valence-corrected chi connectivity index (χ0v) is 4.97. The molecule has 0 bridgehead atoms. The van der Waals surface area contributed by atoms with Crippen LogP contribution in [0.2, 0.25) is 0 Å². The lowest BCUT2D eigenvalue weighted by atomic mass is 10.2. The van der Waals surface area contributed by atoms with Crippen molar-refractivity contribution in [3.8, 4) is 0 Å². The molecule has 0 fully saturated rings. The second-order valence-corrected chi connectivity index (χ2v) is 1.34. The van der Waals surface area contributed by atoms with Crippen molar-refractivity contribution in [3.63, 3.8) is 0 Å². The van der Waals surface area contributed by atoms with E-state index in [4.69, 9.17) is 5.11 Å². The molecule has 0 saturated heterocycles. The highest BCUT2D eigenvalue weighted by molar-refractivity contribution is 5.89. The van der Waals surface area contributed by atoms with Gasteiger partial charge in [-0.05, 0) is 13.0 Å². The molecule has 0 aliphatic heterocycles. The molecule has 0 aliphatic carbocycles. The van der Waals surface area contributed by atoms with Crippen LogP contribution in [0.3, 0.4) is 0 Å². The average molecular weight is 130 g/mol. The first-order chi connectivity index (χ1) is 4.22. The number of hydrogen-bond donors (Lipinski definition) is 1. The Hall–Kier alpha value is -1.12. The van der Waals surface area contributed by atoms with Crippen molar-refractivity contribution in [2.45, 2.75) is 6.92 Å². The van der Waals surface area contributed by atoms with E-state index in [1.54, 1.807) is 0 Å².